The molecular weight excluding hydrogens is 172 g/mol. The van der Waals surface area contributed by atoms with Gasteiger partial charge in [-0.3, -0.25) is 4.79 Å². The van der Waals surface area contributed by atoms with Crippen molar-refractivity contribution in [3.05, 3.63) is 0 Å². The zero-order chi connectivity index (χ0) is 10.3. The molecule has 0 saturated heterocycles. The number of carboxylic acids is 1. The summed E-state index contributed by atoms with van der Waals surface area (Å²) in [5.41, 5.74) is 0. The summed E-state index contributed by atoms with van der Waals surface area (Å²) in [5.74, 6) is -1.22. The Balaban J connectivity index is 3.80. The molecule has 0 saturated carbocycles. The number of hydrogen-bond acceptors (Lipinski definition) is 3. The van der Waals surface area contributed by atoms with Crippen molar-refractivity contribution in [2.75, 3.05) is 13.6 Å². The van der Waals surface area contributed by atoms with Crippen LogP contribution in [0.1, 0.15) is 19.8 Å². The van der Waals surface area contributed by atoms with Crippen LogP contribution < -0.4 is 10.6 Å². The van der Waals surface area contributed by atoms with Crippen LogP contribution in [0.25, 0.3) is 0 Å². The Kier molecular flexibility index (Phi) is 5.88. The van der Waals surface area contributed by atoms with Gasteiger partial charge >= 0.3 is 5.97 Å². The van der Waals surface area contributed by atoms with Crippen molar-refractivity contribution in [3.63, 3.8) is 0 Å². The molecule has 1 atom stereocenters. The van der Waals surface area contributed by atoms with E-state index in [0.717, 1.165) is 0 Å². The Morgan fingerprint density at radius 1 is 1.46 bits per heavy atom. The molecule has 0 fully saturated rings. The number of rotatable bonds is 6. The quantitative estimate of drug-likeness (QED) is 0.529. The molecule has 0 spiro atoms. The van der Waals surface area contributed by atoms with Gasteiger partial charge in [-0.1, -0.05) is 6.92 Å². The molecular formula is C8H16N2O3. The second-order valence-electron chi connectivity index (χ2n) is 2.72. The average molecular weight is 188 g/mol. The lowest BCUT2D eigenvalue weighted by Crippen LogP contribution is -2.40. The van der Waals surface area contributed by atoms with Gasteiger partial charge in [0.05, 0.1) is 0 Å². The van der Waals surface area contributed by atoms with Gasteiger partial charge in [-0.2, -0.15) is 0 Å². The monoisotopic (exact) mass is 188 g/mol. The van der Waals surface area contributed by atoms with Gasteiger partial charge in [-0.25, -0.2) is 4.79 Å². The molecule has 13 heavy (non-hydrogen) atoms. The van der Waals surface area contributed by atoms with Gasteiger partial charge in [0.1, 0.15) is 6.04 Å². The first-order valence-electron chi connectivity index (χ1n) is 4.28. The highest BCUT2D eigenvalue weighted by Crippen LogP contribution is 1.91. The van der Waals surface area contributed by atoms with Crippen molar-refractivity contribution in [3.8, 4) is 0 Å². The minimum atomic E-state index is -0.986. The maximum atomic E-state index is 11.1. The summed E-state index contributed by atoms with van der Waals surface area (Å²) in [6, 6.07) is -0.760. The van der Waals surface area contributed by atoms with E-state index in [1.54, 1.807) is 14.0 Å². The highest BCUT2D eigenvalue weighted by atomic mass is 16.4. The van der Waals surface area contributed by atoms with E-state index in [1.165, 1.54) is 0 Å². The van der Waals surface area contributed by atoms with Crippen LogP contribution in [0.3, 0.4) is 0 Å². The molecule has 0 aliphatic rings. The Morgan fingerprint density at radius 2 is 2.08 bits per heavy atom. The third-order valence-corrected chi connectivity index (χ3v) is 1.64. The highest BCUT2D eigenvalue weighted by molar-refractivity contribution is 5.83. The SMILES string of the molecule is CCC(NC(=O)CCNC)C(=O)O. The molecule has 76 valence electrons. The number of aliphatic carboxylic acids is 1. The van der Waals surface area contributed by atoms with Crippen molar-refractivity contribution in [1.82, 2.24) is 10.6 Å². The fourth-order valence-corrected chi connectivity index (χ4v) is 0.843. The number of carboxylic acid groups (broad SMARTS) is 1. The predicted molar refractivity (Wildman–Crippen MR) is 48.4 cm³/mol. The van der Waals surface area contributed by atoms with Crippen LogP contribution in [-0.4, -0.2) is 36.6 Å². The lowest BCUT2D eigenvalue weighted by molar-refractivity contribution is -0.141. The minimum absolute atomic E-state index is 0.233. The first-order valence-corrected chi connectivity index (χ1v) is 4.28. The lowest BCUT2D eigenvalue weighted by atomic mass is 10.2. The number of carbonyl (C=O) groups is 2. The Hall–Kier alpha value is -1.10. The number of nitrogens with one attached hydrogen (secondary N) is 2. The molecule has 0 aromatic heterocycles. The Bertz CT molecular complexity index is 182. The molecule has 3 N–H and O–H groups in total. The van der Waals surface area contributed by atoms with E-state index in [-0.39, 0.29) is 5.91 Å². The summed E-state index contributed by atoms with van der Waals surface area (Å²) in [4.78, 5) is 21.6. The van der Waals surface area contributed by atoms with Crippen molar-refractivity contribution in [2.24, 2.45) is 0 Å². The van der Waals surface area contributed by atoms with E-state index >= 15 is 0 Å². The van der Waals surface area contributed by atoms with E-state index in [4.69, 9.17) is 5.11 Å². The van der Waals surface area contributed by atoms with Crippen molar-refractivity contribution in [2.45, 2.75) is 25.8 Å². The first kappa shape index (κ1) is 11.9. The summed E-state index contributed by atoms with van der Waals surface area (Å²) < 4.78 is 0. The van der Waals surface area contributed by atoms with E-state index in [9.17, 15) is 9.59 Å². The first-order chi connectivity index (χ1) is 6.11. The molecule has 0 heterocycles. The van der Waals surface area contributed by atoms with Crippen LogP contribution in [-0.2, 0) is 9.59 Å². The van der Waals surface area contributed by atoms with Gasteiger partial charge in [-0.15, -0.1) is 0 Å². The van der Waals surface area contributed by atoms with E-state index in [1.807, 2.05) is 0 Å². The summed E-state index contributed by atoms with van der Waals surface area (Å²) in [5, 5.41) is 13.9. The average Bonchev–Trinajstić information content (AvgIpc) is 2.10. The number of carbonyl (C=O) groups excluding carboxylic acids is 1. The van der Waals surface area contributed by atoms with Crippen LogP contribution in [0.2, 0.25) is 0 Å². The van der Waals surface area contributed by atoms with Crippen molar-refractivity contribution >= 4 is 11.9 Å². The normalized spacial score (nSPS) is 12.2. The van der Waals surface area contributed by atoms with E-state index < -0.39 is 12.0 Å². The third-order valence-electron chi connectivity index (χ3n) is 1.64. The van der Waals surface area contributed by atoms with E-state index in [2.05, 4.69) is 10.6 Å². The predicted octanol–water partition coefficient (Wildman–Crippen LogP) is -0.425. The molecule has 0 aliphatic carbocycles. The van der Waals surface area contributed by atoms with E-state index in [0.29, 0.717) is 19.4 Å². The van der Waals surface area contributed by atoms with Crippen LogP contribution in [0.15, 0.2) is 0 Å². The van der Waals surface area contributed by atoms with Gasteiger partial charge in [0.15, 0.2) is 0 Å². The fourth-order valence-electron chi connectivity index (χ4n) is 0.843. The van der Waals surface area contributed by atoms with Gasteiger partial charge in [0.25, 0.3) is 0 Å². The number of amides is 1. The number of hydrogen-bond donors (Lipinski definition) is 3. The maximum Gasteiger partial charge on any atom is 0.326 e. The summed E-state index contributed by atoms with van der Waals surface area (Å²) >= 11 is 0. The molecule has 0 radical (unpaired) electrons. The largest absolute Gasteiger partial charge is 0.480 e. The van der Waals surface area contributed by atoms with Crippen LogP contribution in [0.4, 0.5) is 0 Å². The zero-order valence-electron chi connectivity index (χ0n) is 7.96. The summed E-state index contributed by atoms with van der Waals surface area (Å²) in [6.07, 6.45) is 0.709. The van der Waals surface area contributed by atoms with Gasteiger partial charge < -0.3 is 15.7 Å². The van der Waals surface area contributed by atoms with Crippen molar-refractivity contribution < 1.29 is 14.7 Å². The van der Waals surface area contributed by atoms with Gasteiger partial charge in [-0.05, 0) is 13.5 Å². The Morgan fingerprint density at radius 3 is 2.46 bits per heavy atom. The molecule has 0 aliphatic heterocycles. The molecule has 0 aromatic rings. The molecule has 5 nitrogen and oxygen atoms in total. The molecule has 1 unspecified atom stereocenters. The van der Waals surface area contributed by atoms with Gasteiger partial charge in [0, 0.05) is 13.0 Å². The molecule has 5 heteroatoms. The standard InChI is InChI=1S/C8H16N2O3/c1-3-6(8(12)13)10-7(11)4-5-9-2/h6,9H,3-5H2,1-2H3,(H,10,11)(H,12,13). The second-order valence-corrected chi connectivity index (χ2v) is 2.72. The fraction of sp³-hybridized carbons (Fsp3) is 0.750. The lowest BCUT2D eigenvalue weighted by Gasteiger charge is -2.11. The second kappa shape index (κ2) is 6.42. The molecule has 1 amide bonds. The topological polar surface area (TPSA) is 78.4 Å². The summed E-state index contributed by atoms with van der Waals surface area (Å²) in [7, 11) is 1.74. The van der Waals surface area contributed by atoms with Crippen LogP contribution >= 0.6 is 0 Å². The molecule has 0 aromatic carbocycles. The minimum Gasteiger partial charge on any atom is -0.480 e. The molecule has 0 rings (SSSR count). The summed E-state index contributed by atoms with van der Waals surface area (Å²) in [6.45, 7) is 2.28. The van der Waals surface area contributed by atoms with Crippen LogP contribution in [0, 0.1) is 0 Å². The molecule has 0 bridgehead atoms. The smallest absolute Gasteiger partial charge is 0.326 e. The van der Waals surface area contributed by atoms with Crippen LogP contribution in [0.5, 0.6) is 0 Å². The Labute approximate surface area is 77.5 Å². The maximum absolute atomic E-state index is 11.1. The van der Waals surface area contributed by atoms with Gasteiger partial charge in [0.2, 0.25) is 5.91 Å². The third kappa shape index (κ3) is 5.19. The zero-order valence-corrected chi connectivity index (χ0v) is 7.96. The van der Waals surface area contributed by atoms with Crippen molar-refractivity contribution in [1.29, 1.82) is 0 Å². The highest BCUT2D eigenvalue weighted by Gasteiger charge is 2.16.